The number of pyridine rings is 1. The number of rotatable bonds is 7. The van der Waals surface area contributed by atoms with E-state index < -0.39 is 11.9 Å². The van der Waals surface area contributed by atoms with Crippen LogP contribution >= 0.6 is 0 Å². The summed E-state index contributed by atoms with van der Waals surface area (Å²) in [5, 5.41) is 16.8. The number of benzene rings is 2. The molecule has 0 saturated carbocycles. The van der Waals surface area contributed by atoms with Crippen molar-refractivity contribution < 1.29 is 13.9 Å². The first-order chi connectivity index (χ1) is 15.9. The summed E-state index contributed by atoms with van der Waals surface area (Å²) in [5.74, 6) is -0.258. The molecule has 33 heavy (non-hydrogen) atoms. The van der Waals surface area contributed by atoms with Gasteiger partial charge in [0.15, 0.2) is 17.5 Å². The second-order valence-corrected chi connectivity index (χ2v) is 7.73. The van der Waals surface area contributed by atoms with Crippen molar-refractivity contribution in [2.24, 2.45) is 5.73 Å². The fraction of sp³-hybridized carbons (Fsp3) is 0.160. The van der Waals surface area contributed by atoms with Crippen LogP contribution in [0.5, 0.6) is 11.5 Å². The molecule has 4 rings (SSSR count). The Morgan fingerprint density at radius 3 is 2.64 bits per heavy atom. The number of aromatic nitrogens is 2. The van der Waals surface area contributed by atoms with E-state index >= 15 is 0 Å². The molecule has 1 unspecified atom stereocenters. The standard InChI is InChI=1S/C25H24FN5O2/c1-15-14-31-25-23(15)21(9-10-30-25)32-20-8-7-17(11-18(20)26)12-19(27)24(29)33-22(28)13-16-5-3-2-4-6-16/h2-11,14,19,28-29H,12-13,27H2,1H3,(H,30,31). The lowest BCUT2D eigenvalue weighted by Crippen LogP contribution is -2.35. The first kappa shape index (κ1) is 22.2. The molecule has 168 valence electrons. The van der Waals surface area contributed by atoms with Crippen LogP contribution in [-0.2, 0) is 17.6 Å². The lowest BCUT2D eigenvalue weighted by Gasteiger charge is -2.15. The third-order valence-electron chi connectivity index (χ3n) is 5.18. The fourth-order valence-corrected chi connectivity index (χ4v) is 3.51. The molecule has 0 fully saturated rings. The molecule has 1 atom stereocenters. The van der Waals surface area contributed by atoms with Gasteiger partial charge in [-0.05, 0) is 48.2 Å². The number of aryl methyl sites for hydroxylation is 1. The van der Waals surface area contributed by atoms with Crippen molar-refractivity contribution in [1.82, 2.24) is 9.97 Å². The maximum Gasteiger partial charge on any atom is 0.206 e. The van der Waals surface area contributed by atoms with Gasteiger partial charge in [-0.25, -0.2) is 9.37 Å². The molecule has 0 spiro atoms. The summed E-state index contributed by atoms with van der Waals surface area (Å²) in [6, 6.07) is 14.8. The normalized spacial score (nSPS) is 11.8. The van der Waals surface area contributed by atoms with Crippen LogP contribution in [0.2, 0.25) is 0 Å². The van der Waals surface area contributed by atoms with Crippen molar-refractivity contribution in [3.8, 4) is 11.5 Å². The SMILES string of the molecule is Cc1c[nH]c2nccc(Oc3ccc(CC(N)C(=N)OC(=N)Cc4ccccc4)cc3F)c12. The highest BCUT2D eigenvalue weighted by molar-refractivity contribution is 5.92. The number of ether oxygens (including phenoxy) is 2. The highest BCUT2D eigenvalue weighted by Gasteiger charge is 2.17. The van der Waals surface area contributed by atoms with Gasteiger partial charge >= 0.3 is 0 Å². The molecule has 2 aromatic carbocycles. The third kappa shape index (κ3) is 5.24. The molecule has 0 aliphatic rings. The predicted molar refractivity (Wildman–Crippen MR) is 126 cm³/mol. The number of nitrogens with zero attached hydrogens (tertiary/aromatic N) is 1. The summed E-state index contributed by atoms with van der Waals surface area (Å²) >= 11 is 0. The number of nitrogens with one attached hydrogen (secondary N) is 3. The highest BCUT2D eigenvalue weighted by Crippen LogP contribution is 2.32. The summed E-state index contributed by atoms with van der Waals surface area (Å²) in [6.45, 7) is 1.92. The van der Waals surface area contributed by atoms with E-state index in [9.17, 15) is 4.39 Å². The fourth-order valence-electron chi connectivity index (χ4n) is 3.51. The van der Waals surface area contributed by atoms with Gasteiger partial charge in [0.05, 0.1) is 11.4 Å². The van der Waals surface area contributed by atoms with Gasteiger partial charge < -0.3 is 20.2 Å². The summed E-state index contributed by atoms with van der Waals surface area (Å²) in [7, 11) is 0. The Hall–Kier alpha value is -4.04. The molecule has 4 aromatic rings. The average Bonchev–Trinajstić information content (AvgIpc) is 3.18. The summed E-state index contributed by atoms with van der Waals surface area (Å²) < 4.78 is 25.9. The van der Waals surface area contributed by atoms with E-state index in [0.29, 0.717) is 17.0 Å². The van der Waals surface area contributed by atoms with Crippen molar-refractivity contribution in [2.75, 3.05) is 0 Å². The summed E-state index contributed by atoms with van der Waals surface area (Å²) in [5.41, 5.74) is 9.18. The molecule has 0 amide bonds. The smallest absolute Gasteiger partial charge is 0.206 e. The van der Waals surface area contributed by atoms with Crippen molar-refractivity contribution in [2.45, 2.75) is 25.8 Å². The van der Waals surface area contributed by atoms with E-state index in [-0.39, 0.29) is 30.4 Å². The van der Waals surface area contributed by atoms with Crippen LogP contribution in [0.1, 0.15) is 16.7 Å². The number of fused-ring (bicyclic) bond motifs is 1. The minimum atomic E-state index is -0.811. The molecule has 2 aromatic heterocycles. The molecule has 5 N–H and O–H groups in total. The number of H-pyrrole nitrogens is 1. The Bertz CT molecular complexity index is 1300. The maximum atomic E-state index is 14.8. The lowest BCUT2D eigenvalue weighted by atomic mass is 10.1. The van der Waals surface area contributed by atoms with E-state index in [1.807, 2.05) is 43.5 Å². The molecular formula is C25H24FN5O2. The van der Waals surface area contributed by atoms with E-state index in [2.05, 4.69) is 9.97 Å². The van der Waals surface area contributed by atoms with Crippen molar-refractivity contribution in [1.29, 1.82) is 10.8 Å². The van der Waals surface area contributed by atoms with Gasteiger partial charge in [-0.15, -0.1) is 0 Å². The van der Waals surface area contributed by atoms with Gasteiger partial charge in [0.25, 0.3) is 0 Å². The van der Waals surface area contributed by atoms with Gasteiger partial charge in [-0.3, -0.25) is 10.8 Å². The van der Waals surface area contributed by atoms with E-state index in [0.717, 1.165) is 16.5 Å². The zero-order valence-corrected chi connectivity index (χ0v) is 18.1. The quantitative estimate of drug-likeness (QED) is 0.239. The molecular weight excluding hydrogens is 421 g/mol. The van der Waals surface area contributed by atoms with E-state index in [4.69, 9.17) is 26.0 Å². The minimum absolute atomic E-state index is 0.0692. The Labute approximate surface area is 190 Å². The molecule has 0 radical (unpaired) electrons. The molecule has 0 aliphatic heterocycles. The van der Waals surface area contributed by atoms with Crippen molar-refractivity contribution >= 4 is 22.8 Å². The first-order valence-corrected chi connectivity index (χ1v) is 10.4. The topological polar surface area (TPSA) is 121 Å². The van der Waals surface area contributed by atoms with Crippen LogP contribution in [0.15, 0.2) is 67.0 Å². The van der Waals surface area contributed by atoms with E-state index in [1.165, 1.54) is 12.1 Å². The summed E-state index contributed by atoms with van der Waals surface area (Å²) in [4.78, 5) is 7.29. The summed E-state index contributed by atoms with van der Waals surface area (Å²) in [6.07, 6.45) is 3.87. The van der Waals surface area contributed by atoms with Gasteiger partial charge in [-0.1, -0.05) is 36.4 Å². The van der Waals surface area contributed by atoms with Gasteiger partial charge in [0.2, 0.25) is 5.90 Å². The Morgan fingerprint density at radius 2 is 1.88 bits per heavy atom. The van der Waals surface area contributed by atoms with Crippen molar-refractivity contribution in [3.05, 3.63) is 89.5 Å². The van der Waals surface area contributed by atoms with Crippen molar-refractivity contribution in [3.63, 3.8) is 0 Å². The number of hydrogen-bond donors (Lipinski definition) is 4. The maximum absolute atomic E-state index is 14.8. The van der Waals surface area contributed by atoms with Crippen LogP contribution in [0.25, 0.3) is 11.0 Å². The third-order valence-corrected chi connectivity index (χ3v) is 5.18. The Balaban J connectivity index is 1.39. The van der Waals surface area contributed by atoms with E-state index in [1.54, 1.807) is 18.3 Å². The molecule has 2 heterocycles. The number of hydrogen-bond acceptors (Lipinski definition) is 6. The van der Waals surface area contributed by atoms with Gasteiger partial charge in [0.1, 0.15) is 11.4 Å². The van der Waals surface area contributed by atoms with Crippen LogP contribution in [0.3, 0.4) is 0 Å². The minimum Gasteiger partial charge on any atom is -0.453 e. The second-order valence-electron chi connectivity index (χ2n) is 7.73. The molecule has 0 bridgehead atoms. The zero-order chi connectivity index (χ0) is 23.4. The first-order valence-electron chi connectivity index (χ1n) is 10.4. The molecule has 8 heteroatoms. The zero-order valence-electron chi connectivity index (χ0n) is 18.1. The Morgan fingerprint density at radius 1 is 1.09 bits per heavy atom. The largest absolute Gasteiger partial charge is 0.453 e. The highest BCUT2D eigenvalue weighted by atomic mass is 19.1. The molecule has 0 aliphatic carbocycles. The number of aromatic amines is 1. The molecule has 0 saturated heterocycles. The van der Waals surface area contributed by atoms with Crippen LogP contribution in [0, 0.1) is 23.6 Å². The molecule has 7 nitrogen and oxygen atoms in total. The lowest BCUT2D eigenvalue weighted by molar-refractivity contribution is 0.445. The van der Waals surface area contributed by atoms with Gasteiger partial charge in [0, 0.05) is 18.8 Å². The van der Waals surface area contributed by atoms with Gasteiger partial charge in [-0.2, -0.15) is 0 Å². The monoisotopic (exact) mass is 445 g/mol. The number of nitrogens with two attached hydrogens (primary N) is 1. The number of halogens is 1. The average molecular weight is 445 g/mol. The van der Waals surface area contributed by atoms with Crippen LogP contribution in [0.4, 0.5) is 4.39 Å². The Kier molecular flexibility index (Phi) is 6.46. The predicted octanol–water partition coefficient (Wildman–Crippen LogP) is 4.89. The van der Waals surface area contributed by atoms with Crippen LogP contribution < -0.4 is 10.5 Å². The second kappa shape index (κ2) is 9.62. The van der Waals surface area contributed by atoms with Crippen LogP contribution in [-0.4, -0.2) is 27.8 Å².